The molecule has 0 radical (unpaired) electrons. The van der Waals surface area contributed by atoms with Gasteiger partial charge in [0.15, 0.2) is 11.5 Å². The number of carbonyl (C=O) groups is 2. The summed E-state index contributed by atoms with van der Waals surface area (Å²) in [6.45, 7) is 0. The molecule has 0 aliphatic heterocycles. The van der Waals surface area contributed by atoms with Crippen LogP contribution in [-0.4, -0.2) is 30.2 Å². The van der Waals surface area contributed by atoms with Crippen LogP contribution in [0.1, 0.15) is 26.3 Å². The third-order valence-corrected chi connectivity index (χ3v) is 4.47. The molecule has 0 aliphatic carbocycles. The highest BCUT2D eigenvalue weighted by Crippen LogP contribution is 2.27. The summed E-state index contributed by atoms with van der Waals surface area (Å²) in [6, 6.07) is 17.9. The molecule has 0 heterocycles. The maximum Gasteiger partial charge on any atom is 0.271 e. The number of amides is 2. The van der Waals surface area contributed by atoms with Crippen LogP contribution in [0.3, 0.4) is 0 Å². The summed E-state index contributed by atoms with van der Waals surface area (Å²) >= 11 is 6.02. The van der Waals surface area contributed by atoms with E-state index in [1.165, 1.54) is 13.3 Å². The Balaban J connectivity index is 1.61. The summed E-state index contributed by atoms with van der Waals surface area (Å²) in [4.78, 5) is 24.5. The van der Waals surface area contributed by atoms with Crippen LogP contribution in [0.5, 0.6) is 11.5 Å². The van der Waals surface area contributed by atoms with Crippen LogP contribution in [0.25, 0.3) is 0 Å². The molecule has 8 heteroatoms. The Morgan fingerprint density at radius 2 is 1.73 bits per heavy atom. The van der Waals surface area contributed by atoms with E-state index in [1.807, 2.05) is 0 Å². The van der Waals surface area contributed by atoms with Crippen LogP contribution in [-0.2, 0) is 0 Å². The number of nitrogens with zero attached hydrogens (tertiary/aromatic N) is 1. The highest BCUT2D eigenvalue weighted by molar-refractivity contribution is 6.34. The first-order valence-corrected chi connectivity index (χ1v) is 9.22. The monoisotopic (exact) mass is 423 g/mol. The summed E-state index contributed by atoms with van der Waals surface area (Å²) in [5.74, 6) is -0.561. The first-order valence-electron chi connectivity index (χ1n) is 8.85. The number of halogens is 1. The van der Waals surface area contributed by atoms with Crippen LogP contribution in [0.15, 0.2) is 71.8 Å². The quantitative estimate of drug-likeness (QED) is 0.411. The molecule has 0 unspecified atom stereocenters. The fourth-order valence-electron chi connectivity index (χ4n) is 2.58. The fourth-order valence-corrected chi connectivity index (χ4v) is 2.80. The minimum absolute atomic E-state index is 0.0726. The average Bonchev–Trinajstić information content (AvgIpc) is 2.75. The molecule has 3 aromatic carbocycles. The largest absolute Gasteiger partial charge is 0.504 e. The summed E-state index contributed by atoms with van der Waals surface area (Å²) in [5.41, 5.74) is 3.99. The van der Waals surface area contributed by atoms with Gasteiger partial charge in [0.05, 0.1) is 23.9 Å². The van der Waals surface area contributed by atoms with Gasteiger partial charge in [0.25, 0.3) is 11.8 Å². The molecule has 30 heavy (non-hydrogen) atoms. The van der Waals surface area contributed by atoms with Crippen molar-refractivity contribution < 1.29 is 19.4 Å². The molecular formula is C22H18ClN3O4. The van der Waals surface area contributed by atoms with Crippen molar-refractivity contribution in [1.29, 1.82) is 0 Å². The second-order valence-corrected chi connectivity index (χ2v) is 6.52. The Kier molecular flexibility index (Phi) is 6.67. The SMILES string of the molecule is COc1cccc(/C=N\NC(=O)c2ccc(NC(=O)c3ccccc3Cl)cc2)c1O. The number of para-hydroxylation sites is 1. The van der Waals surface area contributed by atoms with Gasteiger partial charge in [0, 0.05) is 16.8 Å². The standard InChI is InChI=1S/C22H18ClN3O4/c1-30-19-8-4-5-15(20(19)27)13-24-26-21(28)14-9-11-16(12-10-14)25-22(29)17-6-2-3-7-18(17)23/h2-13,27H,1H3,(H,25,29)(H,26,28)/b24-13-. The smallest absolute Gasteiger partial charge is 0.271 e. The minimum atomic E-state index is -0.447. The van der Waals surface area contributed by atoms with Gasteiger partial charge in [-0.25, -0.2) is 5.43 Å². The van der Waals surface area contributed by atoms with Crippen molar-refractivity contribution in [3.05, 3.63) is 88.4 Å². The Hall–Kier alpha value is -3.84. The summed E-state index contributed by atoms with van der Waals surface area (Å²) in [7, 11) is 1.44. The third-order valence-electron chi connectivity index (χ3n) is 4.14. The number of hydrogen-bond donors (Lipinski definition) is 3. The van der Waals surface area contributed by atoms with Gasteiger partial charge in [-0.15, -0.1) is 0 Å². The lowest BCUT2D eigenvalue weighted by Crippen LogP contribution is -2.18. The normalized spacial score (nSPS) is 10.6. The predicted octanol–water partition coefficient (Wildman–Crippen LogP) is 4.07. The van der Waals surface area contributed by atoms with E-state index in [9.17, 15) is 14.7 Å². The number of nitrogens with one attached hydrogen (secondary N) is 2. The Morgan fingerprint density at radius 1 is 1.00 bits per heavy atom. The van der Waals surface area contributed by atoms with Crippen LogP contribution in [0, 0.1) is 0 Å². The Bertz CT molecular complexity index is 1100. The average molecular weight is 424 g/mol. The zero-order valence-electron chi connectivity index (χ0n) is 15.9. The number of hydrogen-bond acceptors (Lipinski definition) is 5. The van der Waals surface area contributed by atoms with Crippen molar-refractivity contribution in [2.75, 3.05) is 12.4 Å². The molecule has 0 saturated carbocycles. The fraction of sp³-hybridized carbons (Fsp3) is 0.0455. The number of methoxy groups -OCH3 is 1. The number of aromatic hydroxyl groups is 1. The van der Waals surface area contributed by atoms with Gasteiger partial charge in [-0.05, 0) is 48.5 Å². The molecule has 0 bridgehead atoms. The van der Waals surface area contributed by atoms with Crippen molar-refractivity contribution >= 4 is 35.3 Å². The molecule has 3 N–H and O–H groups in total. The van der Waals surface area contributed by atoms with Crippen LogP contribution in [0.4, 0.5) is 5.69 Å². The maximum absolute atomic E-state index is 12.3. The molecule has 152 valence electrons. The van der Waals surface area contributed by atoms with E-state index in [2.05, 4.69) is 15.8 Å². The molecule has 3 aromatic rings. The van der Waals surface area contributed by atoms with Crippen molar-refractivity contribution in [1.82, 2.24) is 5.43 Å². The number of anilines is 1. The summed E-state index contributed by atoms with van der Waals surface area (Å²) in [5, 5.41) is 16.9. The lowest BCUT2D eigenvalue weighted by atomic mass is 10.1. The van der Waals surface area contributed by atoms with Gasteiger partial charge in [0.2, 0.25) is 0 Å². The molecular weight excluding hydrogens is 406 g/mol. The van der Waals surface area contributed by atoms with E-state index >= 15 is 0 Å². The van der Waals surface area contributed by atoms with Gasteiger partial charge in [-0.2, -0.15) is 5.10 Å². The number of phenolic OH excluding ortho intramolecular Hbond substituents is 1. The molecule has 7 nitrogen and oxygen atoms in total. The van der Waals surface area contributed by atoms with Gasteiger partial charge in [-0.3, -0.25) is 9.59 Å². The molecule has 0 fully saturated rings. The second kappa shape index (κ2) is 9.58. The van der Waals surface area contributed by atoms with Crippen molar-refractivity contribution in [2.45, 2.75) is 0 Å². The topological polar surface area (TPSA) is 100 Å². The van der Waals surface area contributed by atoms with E-state index in [0.29, 0.717) is 33.1 Å². The van der Waals surface area contributed by atoms with E-state index in [-0.39, 0.29) is 11.7 Å². The summed E-state index contributed by atoms with van der Waals surface area (Å²) < 4.78 is 5.02. The van der Waals surface area contributed by atoms with Crippen molar-refractivity contribution in [3.8, 4) is 11.5 Å². The first kappa shape index (κ1) is 20.9. The Morgan fingerprint density at radius 3 is 2.43 bits per heavy atom. The van der Waals surface area contributed by atoms with Crippen molar-refractivity contribution in [2.24, 2.45) is 5.10 Å². The second-order valence-electron chi connectivity index (χ2n) is 6.11. The molecule has 0 aromatic heterocycles. The predicted molar refractivity (Wildman–Crippen MR) is 116 cm³/mol. The molecule has 0 atom stereocenters. The number of rotatable bonds is 6. The van der Waals surface area contributed by atoms with E-state index in [1.54, 1.807) is 66.7 Å². The van der Waals surface area contributed by atoms with Crippen LogP contribution >= 0.6 is 11.6 Å². The van der Waals surface area contributed by atoms with Gasteiger partial charge in [0.1, 0.15) is 0 Å². The highest BCUT2D eigenvalue weighted by atomic mass is 35.5. The van der Waals surface area contributed by atoms with E-state index in [0.717, 1.165) is 0 Å². The molecule has 0 saturated heterocycles. The third kappa shape index (κ3) is 4.95. The molecule has 3 rings (SSSR count). The molecule has 2 amide bonds. The number of benzene rings is 3. The zero-order chi connectivity index (χ0) is 21.5. The molecule has 0 aliphatic rings. The highest BCUT2D eigenvalue weighted by Gasteiger charge is 2.11. The molecule has 0 spiro atoms. The lowest BCUT2D eigenvalue weighted by molar-refractivity contribution is 0.0954. The minimum Gasteiger partial charge on any atom is -0.504 e. The number of phenols is 1. The van der Waals surface area contributed by atoms with Gasteiger partial charge in [-0.1, -0.05) is 29.8 Å². The van der Waals surface area contributed by atoms with E-state index < -0.39 is 5.91 Å². The lowest BCUT2D eigenvalue weighted by Gasteiger charge is -2.07. The van der Waals surface area contributed by atoms with Gasteiger partial charge < -0.3 is 15.2 Å². The number of carbonyl (C=O) groups excluding carboxylic acids is 2. The number of hydrazone groups is 1. The zero-order valence-corrected chi connectivity index (χ0v) is 16.7. The summed E-state index contributed by atoms with van der Waals surface area (Å²) in [6.07, 6.45) is 1.31. The van der Waals surface area contributed by atoms with Crippen LogP contribution < -0.4 is 15.5 Å². The Labute approximate surface area is 178 Å². The van der Waals surface area contributed by atoms with Crippen LogP contribution in [0.2, 0.25) is 5.02 Å². The first-order chi connectivity index (χ1) is 14.5. The maximum atomic E-state index is 12.3. The van der Waals surface area contributed by atoms with Crippen molar-refractivity contribution in [3.63, 3.8) is 0 Å². The number of ether oxygens (including phenoxy) is 1. The van der Waals surface area contributed by atoms with E-state index in [4.69, 9.17) is 16.3 Å². The van der Waals surface area contributed by atoms with Gasteiger partial charge >= 0.3 is 0 Å².